The van der Waals surface area contributed by atoms with Gasteiger partial charge in [0, 0.05) is 54.7 Å². The summed E-state index contributed by atoms with van der Waals surface area (Å²) in [4.78, 5) is 31.2. The highest BCUT2D eigenvalue weighted by Crippen LogP contribution is 2.63. The maximum atomic E-state index is 13.2. The van der Waals surface area contributed by atoms with E-state index >= 15 is 0 Å². The van der Waals surface area contributed by atoms with Crippen LogP contribution in [0.3, 0.4) is 0 Å². The molecule has 0 saturated heterocycles. The van der Waals surface area contributed by atoms with E-state index in [0.717, 1.165) is 58.6 Å². The molecule has 1 fully saturated rings. The Balaban J connectivity index is 1.33. The Kier molecular flexibility index (Phi) is 14.9. The van der Waals surface area contributed by atoms with Crippen molar-refractivity contribution >= 4 is 29.3 Å². The van der Waals surface area contributed by atoms with Crippen molar-refractivity contribution in [2.24, 2.45) is 22.9 Å². The summed E-state index contributed by atoms with van der Waals surface area (Å²) in [6.45, 7) is 4.83. The number of carbonyl (C=O) groups excluding carboxylic acids is 1. The second kappa shape index (κ2) is 20.9. The molecule has 12 nitrogen and oxygen atoms in total. The van der Waals surface area contributed by atoms with E-state index in [4.69, 9.17) is 24.2 Å². The molecular formula is C48H53N3O9S. The number of aliphatic hydroxyl groups is 2. The maximum Gasteiger partial charge on any atom is 0.412 e. The molecule has 0 spiro atoms. The minimum atomic E-state index is -1.20. The van der Waals surface area contributed by atoms with Gasteiger partial charge in [0.15, 0.2) is 0 Å². The zero-order valence-electron chi connectivity index (χ0n) is 34.1. The van der Waals surface area contributed by atoms with E-state index in [1.54, 1.807) is 36.0 Å². The first-order valence-corrected chi connectivity index (χ1v) is 21.9. The fourth-order valence-electron chi connectivity index (χ4n) is 8.96. The number of hydrogen-bond acceptors (Lipinski definition) is 11. The molecule has 3 aliphatic rings. The van der Waals surface area contributed by atoms with Gasteiger partial charge >= 0.3 is 6.09 Å². The molecule has 0 radical (unpaired) electrons. The monoisotopic (exact) mass is 847 g/mol. The van der Waals surface area contributed by atoms with Gasteiger partial charge in [-0.05, 0) is 96.7 Å². The molecule has 1 aliphatic heterocycles. The van der Waals surface area contributed by atoms with E-state index in [1.807, 2.05) is 60.7 Å². The van der Waals surface area contributed by atoms with Crippen LogP contribution in [0, 0.1) is 27.9 Å². The van der Waals surface area contributed by atoms with Crippen LogP contribution < -0.4 is 14.8 Å². The summed E-state index contributed by atoms with van der Waals surface area (Å²) >= 11 is 1.66. The molecule has 13 heteroatoms. The topological polar surface area (TPSA) is 162 Å². The predicted octanol–water partition coefficient (Wildman–Crippen LogP) is 9.51. The molecule has 0 aromatic heterocycles. The van der Waals surface area contributed by atoms with E-state index in [-0.39, 0.29) is 55.1 Å². The lowest BCUT2D eigenvalue weighted by Crippen LogP contribution is -2.64. The number of ether oxygens (including phenoxy) is 3. The summed E-state index contributed by atoms with van der Waals surface area (Å²) in [6, 6.07) is 31.5. The number of oxime groups is 1. The number of nitro benzene ring substituents is 1. The summed E-state index contributed by atoms with van der Waals surface area (Å²) in [7, 11) is 0. The van der Waals surface area contributed by atoms with Gasteiger partial charge in [0.25, 0.3) is 5.69 Å². The second-order valence-corrected chi connectivity index (χ2v) is 16.9. The Morgan fingerprint density at radius 2 is 1.67 bits per heavy atom. The number of rotatable bonds is 20. The molecule has 3 N–H and O–H groups in total. The average molecular weight is 848 g/mol. The van der Waals surface area contributed by atoms with Crippen LogP contribution in [0.25, 0.3) is 0 Å². The van der Waals surface area contributed by atoms with Crippen LogP contribution in [0.4, 0.5) is 10.5 Å². The van der Waals surface area contributed by atoms with Gasteiger partial charge in [0.1, 0.15) is 18.1 Å². The van der Waals surface area contributed by atoms with Crippen LogP contribution in [0.15, 0.2) is 137 Å². The van der Waals surface area contributed by atoms with Crippen molar-refractivity contribution in [2.75, 3.05) is 19.8 Å². The van der Waals surface area contributed by atoms with Crippen LogP contribution in [0.1, 0.15) is 67.6 Å². The van der Waals surface area contributed by atoms with Crippen molar-refractivity contribution in [2.45, 2.75) is 79.9 Å². The van der Waals surface area contributed by atoms with Gasteiger partial charge in [-0.25, -0.2) is 4.79 Å². The van der Waals surface area contributed by atoms with Crippen LogP contribution in [0.2, 0.25) is 0 Å². The van der Waals surface area contributed by atoms with E-state index in [1.165, 1.54) is 12.1 Å². The van der Waals surface area contributed by atoms with E-state index in [0.29, 0.717) is 37.3 Å². The van der Waals surface area contributed by atoms with E-state index < -0.39 is 22.7 Å². The average Bonchev–Trinajstić information content (AvgIpc) is 3.28. The molecule has 61 heavy (non-hydrogen) atoms. The molecular weight excluding hydrogens is 795 g/mol. The highest BCUT2D eigenvalue weighted by molar-refractivity contribution is 8.00. The SMILES string of the molecule is C=CCOC12Oc3ccc(OC(=O)NCc4ccccc4)cc3C3C(CCCCO)C(CCCCO)C=C(C(=NOCc4ccc([N+](=O)[O-])cc4)CC1Sc1ccccc1)C32. The molecule has 4 aromatic rings. The number of aliphatic hydroxyl groups excluding tert-OH is 2. The number of fused-ring (bicyclic) bond motifs is 2. The first-order chi connectivity index (χ1) is 29.8. The van der Waals surface area contributed by atoms with Crippen molar-refractivity contribution < 1.29 is 39.0 Å². The number of benzene rings is 4. The molecule has 0 bridgehead atoms. The molecule has 1 saturated carbocycles. The third-order valence-corrected chi connectivity index (χ3v) is 13.0. The molecule has 1 amide bonds. The van der Waals surface area contributed by atoms with Gasteiger partial charge in [-0.15, -0.1) is 18.3 Å². The number of hydrogen-bond donors (Lipinski definition) is 3. The predicted molar refractivity (Wildman–Crippen MR) is 234 cm³/mol. The molecule has 2 aliphatic carbocycles. The number of nitro groups is 1. The van der Waals surface area contributed by atoms with Crippen molar-refractivity contribution in [3.63, 3.8) is 0 Å². The number of nitrogens with zero attached hydrogens (tertiary/aromatic N) is 2. The molecule has 7 rings (SSSR count). The van der Waals surface area contributed by atoms with Crippen LogP contribution in [-0.2, 0) is 22.7 Å². The number of carbonyl (C=O) groups is 1. The molecule has 6 unspecified atom stereocenters. The third kappa shape index (κ3) is 10.4. The summed E-state index contributed by atoms with van der Waals surface area (Å²) in [5.74, 6) is -0.677. The molecule has 320 valence electrons. The van der Waals surface area contributed by atoms with Crippen LogP contribution >= 0.6 is 11.8 Å². The number of nitrogens with one attached hydrogen (secondary N) is 1. The van der Waals surface area contributed by atoms with Gasteiger partial charge in [0.2, 0.25) is 5.79 Å². The standard InChI is InChI=1S/C48H53N3O9S/c1-2-27-57-48-44(61-38-16-7-4-8-17-38)30-42(50-58-32-34-19-21-36(22-20-34)51(55)56)40-28-35(15-9-11-25-52)39(18-10-12-26-53)45(46(40)48)41-29-37(23-24-43(41)60-48)59-47(54)49-31-33-13-5-3-6-14-33/h2-8,13-14,16-17,19-24,28-29,35,39,44-46,52-53H,1,9-12,15,18,25-27,30-32H2,(H,49,54). The van der Waals surface area contributed by atoms with Crippen molar-refractivity contribution in [1.29, 1.82) is 0 Å². The van der Waals surface area contributed by atoms with Crippen molar-refractivity contribution in [3.8, 4) is 11.5 Å². The molecule has 4 aromatic carbocycles. The number of allylic oxidation sites excluding steroid dienone is 1. The minimum Gasteiger partial charge on any atom is -0.460 e. The first-order valence-electron chi connectivity index (χ1n) is 21.0. The fourth-order valence-corrected chi connectivity index (χ4v) is 10.3. The molecule has 6 atom stereocenters. The minimum absolute atomic E-state index is 0.00266. The highest BCUT2D eigenvalue weighted by Gasteiger charge is 2.64. The zero-order chi connectivity index (χ0) is 42.6. The largest absolute Gasteiger partial charge is 0.460 e. The Bertz CT molecular complexity index is 2170. The lowest BCUT2D eigenvalue weighted by Gasteiger charge is -2.58. The van der Waals surface area contributed by atoms with Crippen molar-refractivity contribution in [1.82, 2.24) is 5.32 Å². The Morgan fingerprint density at radius 1 is 0.951 bits per heavy atom. The van der Waals surface area contributed by atoms with Crippen LogP contribution in [-0.4, -0.2) is 57.8 Å². The lowest BCUT2D eigenvalue weighted by atomic mass is 9.56. The van der Waals surface area contributed by atoms with E-state index in [2.05, 4.69) is 30.1 Å². The number of unbranched alkanes of at least 4 members (excludes halogenated alkanes) is 2. The summed E-state index contributed by atoms with van der Waals surface area (Å²) < 4.78 is 20.2. The Labute approximate surface area is 360 Å². The van der Waals surface area contributed by atoms with E-state index in [9.17, 15) is 25.1 Å². The van der Waals surface area contributed by atoms with Gasteiger partial charge in [0.05, 0.1) is 28.4 Å². The summed E-state index contributed by atoms with van der Waals surface area (Å²) in [5, 5.41) is 38.5. The number of non-ortho nitro benzene ring substituents is 1. The fraction of sp³-hybridized carbons (Fsp3) is 0.375. The third-order valence-electron chi connectivity index (χ3n) is 11.7. The first kappa shape index (κ1) is 43.6. The highest BCUT2D eigenvalue weighted by atomic mass is 32.2. The second-order valence-electron chi connectivity index (χ2n) is 15.6. The molecule has 1 heterocycles. The normalized spacial score (nSPS) is 23.1. The van der Waals surface area contributed by atoms with Gasteiger partial charge in [-0.3, -0.25) is 10.1 Å². The Morgan fingerprint density at radius 3 is 2.38 bits per heavy atom. The van der Waals surface area contributed by atoms with Gasteiger partial charge in [-0.1, -0.05) is 78.7 Å². The summed E-state index contributed by atoms with van der Waals surface area (Å²) in [5.41, 5.74) is 4.28. The van der Waals surface area contributed by atoms with Gasteiger partial charge < -0.3 is 34.6 Å². The Hall–Kier alpha value is -5.47. The lowest BCUT2D eigenvalue weighted by molar-refractivity contribution is -0.384. The van der Waals surface area contributed by atoms with Gasteiger partial charge in [-0.2, -0.15) is 0 Å². The summed E-state index contributed by atoms with van der Waals surface area (Å²) in [6.07, 6.45) is 8.42. The van der Waals surface area contributed by atoms with Crippen molar-refractivity contribution in [3.05, 3.63) is 154 Å². The number of amides is 1. The maximum absolute atomic E-state index is 13.2. The zero-order valence-corrected chi connectivity index (χ0v) is 34.9. The smallest absolute Gasteiger partial charge is 0.412 e. The van der Waals surface area contributed by atoms with Crippen LogP contribution in [0.5, 0.6) is 11.5 Å². The quantitative estimate of drug-likeness (QED) is 0.0338. The number of thioether (sulfide) groups is 1.